The Morgan fingerprint density at radius 2 is 2.19 bits per heavy atom. The van der Waals surface area contributed by atoms with Crippen molar-refractivity contribution in [3.8, 4) is 0 Å². The first-order valence-corrected chi connectivity index (χ1v) is 5.73. The van der Waals surface area contributed by atoms with Crippen LogP contribution in [0.2, 0.25) is 0 Å². The number of halogens is 1. The van der Waals surface area contributed by atoms with E-state index in [1.165, 1.54) is 5.56 Å². The maximum absolute atomic E-state index is 4.96. The molecule has 5 heteroatoms. The fraction of sp³-hybridized carbons (Fsp3) is 0.273. The Bertz CT molecular complexity index is 496. The number of hydrogen-bond donors (Lipinski definition) is 1. The van der Waals surface area contributed by atoms with E-state index in [2.05, 4.69) is 56.5 Å². The Hall–Kier alpha value is -1.36. The summed E-state index contributed by atoms with van der Waals surface area (Å²) in [5.41, 5.74) is 2.38. The summed E-state index contributed by atoms with van der Waals surface area (Å²) in [6.07, 6.45) is 0. The van der Waals surface area contributed by atoms with Crippen molar-refractivity contribution in [2.45, 2.75) is 20.4 Å². The second-order valence-corrected chi connectivity index (χ2v) is 4.44. The lowest BCUT2D eigenvalue weighted by Crippen LogP contribution is -1.99. The average molecular weight is 282 g/mol. The Morgan fingerprint density at radius 3 is 2.81 bits per heavy atom. The first-order valence-electron chi connectivity index (χ1n) is 4.94. The molecule has 1 aromatic heterocycles. The van der Waals surface area contributed by atoms with Gasteiger partial charge in [0.05, 0.1) is 0 Å². The van der Waals surface area contributed by atoms with E-state index in [1.54, 1.807) is 6.92 Å². The number of aromatic nitrogens is 2. The lowest BCUT2D eigenvalue weighted by molar-refractivity contribution is 0.425. The van der Waals surface area contributed by atoms with E-state index >= 15 is 0 Å². The van der Waals surface area contributed by atoms with Crippen LogP contribution in [0.4, 0.5) is 6.01 Å². The van der Waals surface area contributed by atoms with Crippen LogP contribution in [0.3, 0.4) is 0 Å². The van der Waals surface area contributed by atoms with Gasteiger partial charge in [-0.05, 0) is 31.0 Å². The number of nitrogens with one attached hydrogen (secondary N) is 1. The summed E-state index contributed by atoms with van der Waals surface area (Å²) < 4.78 is 6.06. The first kappa shape index (κ1) is 11.1. The summed E-state index contributed by atoms with van der Waals surface area (Å²) in [7, 11) is 0. The van der Waals surface area contributed by atoms with Gasteiger partial charge in [-0.2, -0.15) is 4.98 Å². The van der Waals surface area contributed by atoms with E-state index in [9.17, 15) is 0 Å². The van der Waals surface area contributed by atoms with E-state index in [4.69, 9.17) is 4.52 Å². The monoisotopic (exact) mass is 281 g/mol. The van der Waals surface area contributed by atoms with Gasteiger partial charge >= 0.3 is 6.01 Å². The quantitative estimate of drug-likeness (QED) is 0.940. The van der Waals surface area contributed by atoms with E-state index < -0.39 is 0 Å². The molecule has 2 aromatic rings. The molecule has 0 amide bonds. The summed E-state index contributed by atoms with van der Waals surface area (Å²) in [6.45, 7) is 4.51. The third-order valence-corrected chi connectivity index (χ3v) is 3.06. The molecule has 0 spiro atoms. The summed E-state index contributed by atoms with van der Waals surface area (Å²) in [5.74, 6) is 0.632. The predicted molar refractivity (Wildman–Crippen MR) is 65.2 cm³/mol. The molecule has 2 rings (SSSR count). The number of nitrogens with zero attached hydrogens (tertiary/aromatic N) is 2. The minimum Gasteiger partial charge on any atom is -0.334 e. The molecule has 1 heterocycles. The number of anilines is 1. The maximum Gasteiger partial charge on any atom is 0.321 e. The second-order valence-electron chi connectivity index (χ2n) is 3.58. The highest BCUT2D eigenvalue weighted by atomic mass is 79.9. The molecule has 84 valence electrons. The summed E-state index contributed by atoms with van der Waals surface area (Å²) in [4.78, 5) is 4.07. The first-order chi connectivity index (χ1) is 7.65. The molecule has 0 aliphatic heterocycles. The number of hydrogen-bond acceptors (Lipinski definition) is 4. The number of aryl methyl sites for hydroxylation is 2. The van der Waals surface area contributed by atoms with Gasteiger partial charge in [-0.3, -0.25) is 0 Å². The van der Waals surface area contributed by atoms with Crippen LogP contribution in [-0.2, 0) is 6.54 Å². The van der Waals surface area contributed by atoms with Crippen molar-refractivity contribution in [1.82, 2.24) is 10.1 Å². The summed E-state index contributed by atoms with van der Waals surface area (Å²) in [5, 5.41) is 6.77. The second kappa shape index (κ2) is 4.65. The van der Waals surface area contributed by atoms with Crippen molar-refractivity contribution < 1.29 is 4.52 Å². The number of benzene rings is 1. The average Bonchev–Trinajstić information content (AvgIpc) is 2.66. The van der Waals surface area contributed by atoms with Crippen molar-refractivity contribution in [2.24, 2.45) is 0 Å². The molecule has 0 aliphatic rings. The summed E-state index contributed by atoms with van der Waals surface area (Å²) >= 11 is 3.50. The molecule has 0 fully saturated rings. The molecule has 0 bridgehead atoms. The third-order valence-electron chi connectivity index (χ3n) is 2.21. The van der Waals surface area contributed by atoms with Gasteiger partial charge in [-0.1, -0.05) is 33.2 Å². The molecule has 4 nitrogen and oxygen atoms in total. The van der Waals surface area contributed by atoms with Gasteiger partial charge in [0.1, 0.15) is 0 Å². The van der Waals surface area contributed by atoms with Gasteiger partial charge in [0.2, 0.25) is 0 Å². The Morgan fingerprint density at radius 1 is 1.38 bits per heavy atom. The molecule has 0 radical (unpaired) electrons. The van der Waals surface area contributed by atoms with Crippen molar-refractivity contribution in [1.29, 1.82) is 0 Å². The Balaban J connectivity index is 2.02. The minimum absolute atomic E-state index is 0.453. The molecule has 0 aliphatic carbocycles. The van der Waals surface area contributed by atoms with Crippen LogP contribution >= 0.6 is 15.9 Å². The zero-order chi connectivity index (χ0) is 11.5. The van der Waals surface area contributed by atoms with Crippen LogP contribution in [0.15, 0.2) is 27.2 Å². The van der Waals surface area contributed by atoms with Gasteiger partial charge in [0.25, 0.3) is 0 Å². The van der Waals surface area contributed by atoms with E-state index in [1.807, 2.05) is 0 Å². The molecule has 16 heavy (non-hydrogen) atoms. The van der Waals surface area contributed by atoms with Gasteiger partial charge in [-0.25, -0.2) is 0 Å². The highest BCUT2D eigenvalue weighted by molar-refractivity contribution is 9.10. The SMILES string of the molecule is Cc1noc(NCc2ccc(C)c(Br)c2)n1. The van der Waals surface area contributed by atoms with Crippen LogP contribution < -0.4 is 5.32 Å². The maximum atomic E-state index is 4.96. The van der Waals surface area contributed by atoms with Crippen LogP contribution in [0.25, 0.3) is 0 Å². The fourth-order valence-corrected chi connectivity index (χ4v) is 1.72. The fourth-order valence-electron chi connectivity index (χ4n) is 1.29. The molecule has 0 unspecified atom stereocenters. The van der Waals surface area contributed by atoms with Gasteiger partial charge in [0.15, 0.2) is 5.82 Å². The molecular weight excluding hydrogens is 270 g/mol. The standard InChI is InChI=1S/C11H12BrN3O/c1-7-3-4-9(5-10(7)12)6-13-11-14-8(2)15-16-11/h3-5H,6H2,1-2H3,(H,13,14,15). The zero-order valence-electron chi connectivity index (χ0n) is 9.12. The van der Waals surface area contributed by atoms with Crippen LogP contribution in [-0.4, -0.2) is 10.1 Å². The minimum atomic E-state index is 0.453. The van der Waals surface area contributed by atoms with Crippen molar-refractivity contribution >= 4 is 21.9 Å². The molecule has 0 saturated carbocycles. The normalized spacial score (nSPS) is 10.4. The smallest absolute Gasteiger partial charge is 0.321 e. The van der Waals surface area contributed by atoms with E-state index in [0.717, 1.165) is 10.0 Å². The van der Waals surface area contributed by atoms with Crippen LogP contribution in [0.1, 0.15) is 17.0 Å². The lowest BCUT2D eigenvalue weighted by Gasteiger charge is -2.04. The van der Waals surface area contributed by atoms with Gasteiger partial charge in [-0.15, -0.1) is 0 Å². The third kappa shape index (κ3) is 2.61. The van der Waals surface area contributed by atoms with Crippen LogP contribution in [0, 0.1) is 13.8 Å². The molecule has 0 saturated heterocycles. The molecule has 1 aromatic carbocycles. The number of rotatable bonds is 3. The highest BCUT2D eigenvalue weighted by Crippen LogP contribution is 2.18. The molecule has 1 N–H and O–H groups in total. The largest absolute Gasteiger partial charge is 0.334 e. The van der Waals surface area contributed by atoms with E-state index in [0.29, 0.717) is 18.4 Å². The highest BCUT2D eigenvalue weighted by Gasteiger charge is 2.02. The van der Waals surface area contributed by atoms with Crippen molar-refractivity contribution in [3.05, 3.63) is 39.6 Å². The van der Waals surface area contributed by atoms with Crippen molar-refractivity contribution in [2.75, 3.05) is 5.32 Å². The van der Waals surface area contributed by atoms with Gasteiger partial charge < -0.3 is 9.84 Å². The van der Waals surface area contributed by atoms with Gasteiger partial charge in [0, 0.05) is 11.0 Å². The summed E-state index contributed by atoms with van der Waals surface area (Å²) in [6, 6.07) is 6.66. The van der Waals surface area contributed by atoms with Crippen molar-refractivity contribution in [3.63, 3.8) is 0 Å². The molecule has 0 atom stereocenters. The Kier molecular flexibility index (Phi) is 3.24. The molecular formula is C11H12BrN3O. The lowest BCUT2D eigenvalue weighted by atomic mass is 10.1. The van der Waals surface area contributed by atoms with Crippen LogP contribution in [0.5, 0.6) is 0 Å². The topological polar surface area (TPSA) is 51.0 Å². The Labute approximate surface area is 102 Å². The zero-order valence-corrected chi connectivity index (χ0v) is 10.7. The predicted octanol–water partition coefficient (Wildman–Crippen LogP) is 3.06. The van der Waals surface area contributed by atoms with E-state index in [-0.39, 0.29) is 0 Å².